The van der Waals surface area contributed by atoms with Gasteiger partial charge in [0, 0.05) is 18.8 Å². The van der Waals surface area contributed by atoms with E-state index in [0.717, 1.165) is 12.2 Å². The zero-order valence-corrected chi connectivity index (χ0v) is 8.99. The highest BCUT2D eigenvalue weighted by atomic mass is 15.0. The number of nitrogens with zero attached hydrogens (tertiary/aromatic N) is 2. The first-order chi connectivity index (χ1) is 6.74. The third kappa shape index (κ3) is 1.31. The molecule has 0 unspecified atom stereocenters. The summed E-state index contributed by atoms with van der Waals surface area (Å²) in [5.41, 5.74) is 2.70. The number of aromatic nitrogens is 2. The lowest BCUT2D eigenvalue weighted by Gasteiger charge is -2.05. The molecular formula is C12H16N2. The van der Waals surface area contributed by atoms with Gasteiger partial charge in [0.1, 0.15) is 5.82 Å². The van der Waals surface area contributed by atoms with Crippen LogP contribution in [0, 0.1) is 0 Å². The van der Waals surface area contributed by atoms with Crippen LogP contribution >= 0.6 is 0 Å². The Labute approximate surface area is 84.6 Å². The third-order valence-corrected chi connectivity index (χ3v) is 2.63. The van der Waals surface area contributed by atoms with E-state index in [1.54, 1.807) is 0 Å². The standard InChI is InChI=1S/C12H16N2/c1-4-12-13-7-5-11-10(9(2)3)6-8-14(11)12/h5-9H,4H2,1-3H3. The topological polar surface area (TPSA) is 17.3 Å². The first kappa shape index (κ1) is 9.25. The van der Waals surface area contributed by atoms with Crippen LogP contribution in [0.1, 0.15) is 38.1 Å². The number of hydrogen-bond donors (Lipinski definition) is 0. The van der Waals surface area contributed by atoms with E-state index in [1.807, 2.05) is 6.20 Å². The van der Waals surface area contributed by atoms with Crippen molar-refractivity contribution in [3.63, 3.8) is 0 Å². The lowest BCUT2D eigenvalue weighted by atomic mass is 10.1. The van der Waals surface area contributed by atoms with E-state index in [1.165, 1.54) is 11.1 Å². The molecule has 0 radical (unpaired) electrons. The number of fused-ring (bicyclic) bond motifs is 1. The second-order valence-corrected chi connectivity index (χ2v) is 3.90. The van der Waals surface area contributed by atoms with Crippen molar-refractivity contribution in [2.24, 2.45) is 0 Å². The molecule has 0 aliphatic carbocycles. The summed E-state index contributed by atoms with van der Waals surface area (Å²) in [6.07, 6.45) is 5.00. The average molecular weight is 188 g/mol. The summed E-state index contributed by atoms with van der Waals surface area (Å²) >= 11 is 0. The average Bonchev–Trinajstić information content (AvgIpc) is 2.60. The fourth-order valence-corrected chi connectivity index (χ4v) is 1.87. The Morgan fingerprint density at radius 1 is 1.36 bits per heavy atom. The van der Waals surface area contributed by atoms with E-state index in [4.69, 9.17) is 0 Å². The summed E-state index contributed by atoms with van der Waals surface area (Å²) in [7, 11) is 0. The van der Waals surface area contributed by atoms with Crippen molar-refractivity contribution in [2.75, 3.05) is 0 Å². The Morgan fingerprint density at radius 2 is 2.14 bits per heavy atom. The summed E-state index contributed by atoms with van der Waals surface area (Å²) in [4.78, 5) is 4.36. The van der Waals surface area contributed by atoms with E-state index in [2.05, 4.69) is 48.5 Å². The molecule has 2 rings (SSSR count). The maximum atomic E-state index is 4.36. The highest BCUT2D eigenvalue weighted by molar-refractivity contribution is 5.56. The van der Waals surface area contributed by atoms with Crippen molar-refractivity contribution < 1.29 is 0 Å². The Hall–Kier alpha value is -1.31. The number of hydrogen-bond acceptors (Lipinski definition) is 1. The van der Waals surface area contributed by atoms with Crippen molar-refractivity contribution >= 4 is 5.52 Å². The monoisotopic (exact) mass is 188 g/mol. The zero-order valence-electron chi connectivity index (χ0n) is 8.99. The van der Waals surface area contributed by atoms with Crippen molar-refractivity contribution in [3.05, 3.63) is 35.9 Å². The van der Waals surface area contributed by atoms with Crippen LogP contribution in [-0.2, 0) is 6.42 Å². The van der Waals surface area contributed by atoms with Gasteiger partial charge in [-0.2, -0.15) is 0 Å². The van der Waals surface area contributed by atoms with Gasteiger partial charge in [-0.1, -0.05) is 20.8 Å². The van der Waals surface area contributed by atoms with Crippen LogP contribution in [0.25, 0.3) is 5.52 Å². The smallest absolute Gasteiger partial charge is 0.112 e. The molecule has 0 bridgehead atoms. The van der Waals surface area contributed by atoms with E-state index in [0.29, 0.717) is 5.92 Å². The molecule has 0 atom stereocenters. The minimum Gasteiger partial charge on any atom is -0.305 e. The van der Waals surface area contributed by atoms with Gasteiger partial charge in [0.25, 0.3) is 0 Å². The summed E-state index contributed by atoms with van der Waals surface area (Å²) in [6, 6.07) is 4.29. The van der Waals surface area contributed by atoms with E-state index < -0.39 is 0 Å². The molecule has 2 aromatic heterocycles. The van der Waals surface area contributed by atoms with Gasteiger partial charge < -0.3 is 4.40 Å². The fraction of sp³-hybridized carbons (Fsp3) is 0.417. The van der Waals surface area contributed by atoms with Crippen LogP contribution in [0.15, 0.2) is 24.5 Å². The van der Waals surface area contributed by atoms with Gasteiger partial charge in [0.2, 0.25) is 0 Å². The van der Waals surface area contributed by atoms with Crippen molar-refractivity contribution in [1.82, 2.24) is 9.38 Å². The second-order valence-electron chi connectivity index (χ2n) is 3.90. The van der Waals surface area contributed by atoms with Crippen LogP contribution in [-0.4, -0.2) is 9.38 Å². The van der Waals surface area contributed by atoms with Crippen LogP contribution in [0.5, 0.6) is 0 Å². The van der Waals surface area contributed by atoms with Gasteiger partial charge in [0.05, 0.1) is 5.52 Å². The maximum Gasteiger partial charge on any atom is 0.112 e. The molecule has 2 heterocycles. The minimum absolute atomic E-state index is 0.576. The normalized spacial score (nSPS) is 11.4. The quantitative estimate of drug-likeness (QED) is 0.708. The van der Waals surface area contributed by atoms with Crippen molar-refractivity contribution in [3.8, 4) is 0 Å². The Balaban J connectivity index is 2.69. The highest BCUT2D eigenvalue weighted by Gasteiger charge is 2.07. The van der Waals surface area contributed by atoms with Crippen LogP contribution in [0.4, 0.5) is 0 Å². The Kier molecular flexibility index (Phi) is 2.28. The lowest BCUT2D eigenvalue weighted by Crippen LogP contribution is -1.97. The predicted octanol–water partition coefficient (Wildman–Crippen LogP) is 3.02. The van der Waals surface area contributed by atoms with Gasteiger partial charge in [-0.25, -0.2) is 4.98 Å². The molecule has 2 aromatic rings. The molecule has 0 aliphatic heterocycles. The molecule has 74 valence electrons. The van der Waals surface area contributed by atoms with Crippen LogP contribution < -0.4 is 0 Å². The summed E-state index contributed by atoms with van der Waals surface area (Å²) in [5.74, 6) is 1.71. The highest BCUT2D eigenvalue weighted by Crippen LogP contribution is 2.21. The first-order valence-corrected chi connectivity index (χ1v) is 5.19. The van der Waals surface area contributed by atoms with Gasteiger partial charge >= 0.3 is 0 Å². The molecule has 0 fully saturated rings. The van der Waals surface area contributed by atoms with Gasteiger partial charge in [-0.15, -0.1) is 0 Å². The van der Waals surface area contributed by atoms with E-state index in [-0.39, 0.29) is 0 Å². The molecule has 0 aromatic carbocycles. The molecule has 0 aliphatic rings. The Bertz CT molecular complexity index is 441. The van der Waals surface area contributed by atoms with Gasteiger partial charge in [-0.05, 0) is 23.6 Å². The molecular weight excluding hydrogens is 172 g/mol. The molecule has 2 nitrogen and oxygen atoms in total. The third-order valence-electron chi connectivity index (χ3n) is 2.63. The number of aryl methyl sites for hydroxylation is 1. The minimum atomic E-state index is 0.576. The second kappa shape index (κ2) is 3.45. The van der Waals surface area contributed by atoms with Crippen molar-refractivity contribution in [2.45, 2.75) is 33.1 Å². The lowest BCUT2D eigenvalue weighted by molar-refractivity contribution is 0.866. The predicted molar refractivity (Wildman–Crippen MR) is 58.7 cm³/mol. The van der Waals surface area contributed by atoms with E-state index in [9.17, 15) is 0 Å². The molecule has 0 amide bonds. The number of rotatable bonds is 2. The molecule has 0 spiro atoms. The van der Waals surface area contributed by atoms with Crippen LogP contribution in [0.3, 0.4) is 0 Å². The zero-order chi connectivity index (χ0) is 10.1. The Morgan fingerprint density at radius 3 is 2.79 bits per heavy atom. The molecule has 0 saturated heterocycles. The maximum absolute atomic E-state index is 4.36. The summed E-state index contributed by atoms with van der Waals surface area (Å²) in [5, 5.41) is 0. The summed E-state index contributed by atoms with van der Waals surface area (Å²) in [6.45, 7) is 6.58. The van der Waals surface area contributed by atoms with Gasteiger partial charge in [0.15, 0.2) is 0 Å². The molecule has 2 heteroatoms. The van der Waals surface area contributed by atoms with Gasteiger partial charge in [-0.3, -0.25) is 0 Å². The summed E-state index contributed by atoms with van der Waals surface area (Å²) < 4.78 is 2.19. The van der Waals surface area contributed by atoms with Crippen molar-refractivity contribution in [1.29, 1.82) is 0 Å². The first-order valence-electron chi connectivity index (χ1n) is 5.19. The molecule has 14 heavy (non-hydrogen) atoms. The molecule has 0 saturated carbocycles. The fourth-order valence-electron chi connectivity index (χ4n) is 1.87. The van der Waals surface area contributed by atoms with E-state index >= 15 is 0 Å². The molecule has 0 N–H and O–H groups in total. The SMILES string of the molecule is CCc1nccc2c(C(C)C)ccn12. The largest absolute Gasteiger partial charge is 0.305 e. The van der Waals surface area contributed by atoms with Crippen LogP contribution in [0.2, 0.25) is 0 Å².